The highest BCUT2D eigenvalue weighted by Gasteiger charge is 2.33. The number of carbonyl (C=O) groups is 1. The van der Waals surface area contributed by atoms with Gasteiger partial charge in [-0.25, -0.2) is 14.2 Å². The van der Waals surface area contributed by atoms with Crippen LogP contribution in [-0.4, -0.2) is 30.9 Å². The summed E-state index contributed by atoms with van der Waals surface area (Å²) in [5.41, 5.74) is 1.46. The predicted molar refractivity (Wildman–Crippen MR) is 139 cm³/mol. The Hall–Kier alpha value is -3.75. The quantitative estimate of drug-likeness (QED) is 0.392. The van der Waals surface area contributed by atoms with E-state index in [2.05, 4.69) is 20.9 Å². The van der Waals surface area contributed by atoms with E-state index in [1.165, 1.54) is 35.9 Å². The van der Waals surface area contributed by atoms with Crippen LogP contribution < -0.4 is 24.4 Å². The summed E-state index contributed by atoms with van der Waals surface area (Å²) < 4.78 is 32.1. The number of ether oxygens (including phenoxy) is 3. The van der Waals surface area contributed by atoms with Crippen molar-refractivity contribution < 1.29 is 23.4 Å². The highest BCUT2D eigenvalue weighted by Crippen LogP contribution is 2.37. The summed E-state index contributed by atoms with van der Waals surface area (Å²) in [5.74, 6) is -0.271. The maximum atomic E-state index is 13.7. The maximum absolute atomic E-state index is 13.7. The number of rotatable bonds is 7. The maximum Gasteiger partial charge on any atom is 0.338 e. The largest absolute Gasteiger partial charge is 0.493 e. The summed E-state index contributed by atoms with van der Waals surface area (Å²) in [5, 5.41) is 8.83. The molecule has 2 aromatic carbocycles. The first-order valence-corrected chi connectivity index (χ1v) is 12.7. The summed E-state index contributed by atoms with van der Waals surface area (Å²) in [7, 11) is 1.47. The summed E-state index contributed by atoms with van der Waals surface area (Å²) in [6.45, 7) is 3.38. The molecule has 0 radical (unpaired) electrons. The molecule has 0 saturated carbocycles. The standard InChI is InChI=1S/C26H21BrFN3O5S/c1-4-35-25(33)21-14(2)30-26-31(22(21)16-5-7-17(28)8-6-16)24(32)20(37-26)13-15-11-18(27)23(36-10-9-29)19(12-15)34-3/h5-8,11-13,22H,4,10H2,1-3H3/b20-13+. The molecule has 4 rings (SSSR count). The van der Waals surface area contributed by atoms with Crippen LogP contribution in [0.1, 0.15) is 31.0 Å². The lowest BCUT2D eigenvalue weighted by atomic mass is 9.96. The molecule has 0 saturated heterocycles. The first-order valence-electron chi connectivity index (χ1n) is 11.1. The highest BCUT2D eigenvalue weighted by molar-refractivity contribution is 9.10. The first kappa shape index (κ1) is 26.3. The molecule has 8 nitrogen and oxygen atoms in total. The molecule has 190 valence electrons. The second-order valence-corrected chi connectivity index (χ2v) is 9.70. The van der Waals surface area contributed by atoms with Gasteiger partial charge < -0.3 is 14.2 Å². The van der Waals surface area contributed by atoms with Gasteiger partial charge in [0, 0.05) is 0 Å². The third-order valence-electron chi connectivity index (χ3n) is 5.53. The average molecular weight is 586 g/mol. The number of allylic oxidation sites excluding steroid dienone is 1. The zero-order valence-electron chi connectivity index (χ0n) is 20.1. The minimum absolute atomic E-state index is 0.154. The first-order chi connectivity index (χ1) is 17.8. The van der Waals surface area contributed by atoms with Crippen LogP contribution in [0.4, 0.5) is 4.39 Å². The number of hydrogen-bond acceptors (Lipinski definition) is 8. The van der Waals surface area contributed by atoms with E-state index < -0.39 is 17.8 Å². The molecule has 3 aromatic rings. The van der Waals surface area contributed by atoms with E-state index in [0.29, 0.717) is 42.1 Å². The van der Waals surface area contributed by atoms with Crippen molar-refractivity contribution in [2.45, 2.75) is 19.9 Å². The van der Waals surface area contributed by atoms with Crippen LogP contribution >= 0.6 is 27.3 Å². The van der Waals surface area contributed by atoms with Crippen LogP contribution in [0.15, 0.2) is 61.9 Å². The minimum atomic E-state index is -0.832. The van der Waals surface area contributed by atoms with Crippen molar-refractivity contribution in [2.75, 3.05) is 20.3 Å². The van der Waals surface area contributed by atoms with Gasteiger partial charge in [-0.3, -0.25) is 9.36 Å². The average Bonchev–Trinajstić information content (AvgIpc) is 3.17. The SMILES string of the molecule is CCOC(=O)C1=C(C)N=c2s/c(=C/c3cc(Br)c(OCC#N)c(OC)c3)c(=O)n2C1c1ccc(F)cc1. The second kappa shape index (κ2) is 11.1. The van der Waals surface area contributed by atoms with Gasteiger partial charge in [0.1, 0.15) is 11.9 Å². The Morgan fingerprint density at radius 1 is 1.32 bits per heavy atom. The number of nitriles is 1. The van der Waals surface area contributed by atoms with Crippen molar-refractivity contribution in [3.63, 3.8) is 0 Å². The lowest BCUT2D eigenvalue weighted by molar-refractivity contribution is -0.139. The van der Waals surface area contributed by atoms with Gasteiger partial charge >= 0.3 is 5.97 Å². The Morgan fingerprint density at radius 2 is 2.05 bits per heavy atom. The zero-order chi connectivity index (χ0) is 26.7. The normalized spacial score (nSPS) is 15.0. The van der Waals surface area contributed by atoms with E-state index in [4.69, 9.17) is 19.5 Å². The van der Waals surface area contributed by atoms with Gasteiger partial charge in [-0.1, -0.05) is 23.5 Å². The molecule has 1 aliphatic heterocycles. The van der Waals surface area contributed by atoms with E-state index in [-0.39, 0.29) is 24.3 Å². The highest BCUT2D eigenvalue weighted by atomic mass is 79.9. The summed E-state index contributed by atoms with van der Waals surface area (Å²) in [6.07, 6.45) is 1.68. The molecule has 1 aromatic heterocycles. The topological polar surface area (TPSA) is 103 Å². The summed E-state index contributed by atoms with van der Waals surface area (Å²) in [6, 6.07) is 10.1. The molecule has 1 atom stereocenters. The van der Waals surface area contributed by atoms with Gasteiger partial charge in [0.15, 0.2) is 22.9 Å². The van der Waals surface area contributed by atoms with Crippen LogP contribution in [0.25, 0.3) is 6.08 Å². The fourth-order valence-electron chi connectivity index (χ4n) is 3.97. The van der Waals surface area contributed by atoms with E-state index >= 15 is 0 Å². The molecular formula is C26H21BrFN3O5S. The van der Waals surface area contributed by atoms with Crippen molar-refractivity contribution >= 4 is 39.3 Å². The number of thiazole rings is 1. The van der Waals surface area contributed by atoms with E-state index in [0.717, 1.165) is 11.3 Å². The van der Waals surface area contributed by atoms with Gasteiger partial charge in [-0.05, 0) is 71.2 Å². The molecule has 11 heteroatoms. The van der Waals surface area contributed by atoms with Gasteiger partial charge in [0.05, 0.1) is 40.0 Å². The Morgan fingerprint density at radius 3 is 2.70 bits per heavy atom. The molecule has 37 heavy (non-hydrogen) atoms. The number of nitrogens with zero attached hydrogens (tertiary/aromatic N) is 3. The van der Waals surface area contributed by atoms with Gasteiger partial charge in [-0.2, -0.15) is 5.26 Å². The van der Waals surface area contributed by atoms with Crippen LogP contribution in [0.3, 0.4) is 0 Å². The number of esters is 1. The molecular weight excluding hydrogens is 565 g/mol. The molecule has 0 N–H and O–H groups in total. The van der Waals surface area contributed by atoms with Gasteiger partial charge in [0.2, 0.25) is 0 Å². The van der Waals surface area contributed by atoms with Crippen molar-refractivity contribution in [3.8, 4) is 17.6 Å². The number of aromatic nitrogens is 1. The number of hydrogen-bond donors (Lipinski definition) is 0. The number of methoxy groups -OCH3 is 1. The van der Waals surface area contributed by atoms with E-state index in [1.807, 2.05) is 6.07 Å². The molecule has 1 aliphatic rings. The van der Waals surface area contributed by atoms with Crippen LogP contribution in [0.5, 0.6) is 11.5 Å². The van der Waals surface area contributed by atoms with Gasteiger partial charge in [-0.15, -0.1) is 0 Å². The molecule has 1 unspecified atom stereocenters. The number of carbonyl (C=O) groups excluding carboxylic acids is 1. The molecule has 0 spiro atoms. The lowest BCUT2D eigenvalue weighted by Gasteiger charge is -2.24. The third-order valence-corrected chi connectivity index (χ3v) is 7.11. The zero-order valence-corrected chi connectivity index (χ0v) is 22.5. The summed E-state index contributed by atoms with van der Waals surface area (Å²) >= 11 is 4.59. The van der Waals surface area contributed by atoms with Crippen molar-refractivity contribution in [2.24, 2.45) is 4.99 Å². The molecule has 2 heterocycles. The molecule has 0 bridgehead atoms. The van der Waals surface area contributed by atoms with Gasteiger partial charge in [0.25, 0.3) is 5.56 Å². The van der Waals surface area contributed by atoms with Crippen molar-refractivity contribution in [1.29, 1.82) is 5.26 Å². The Bertz CT molecular complexity index is 1620. The van der Waals surface area contributed by atoms with E-state index in [1.54, 1.807) is 32.1 Å². The smallest absolute Gasteiger partial charge is 0.338 e. The fourth-order valence-corrected chi connectivity index (χ4v) is 5.59. The van der Waals surface area contributed by atoms with Crippen molar-refractivity contribution in [3.05, 3.63) is 88.8 Å². The van der Waals surface area contributed by atoms with Crippen LogP contribution in [0, 0.1) is 17.1 Å². The number of halogens is 2. The fraction of sp³-hybridized carbons (Fsp3) is 0.231. The van der Waals surface area contributed by atoms with Crippen LogP contribution in [0.2, 0.25) is 0 Å². The lowest BCUT2D eigenvalue weighted by Crippen LogP contribution is -2.39. The number of benzene rings is 2. The number of fused-ring (bicyclic) bond motifs is 1. The minimum Gasteiger partial charge on any atom is -0.493 e. The second-order valence-electron chi connectivity index (χ2n) is 7.83. The molecule has 0 aliphatic carbocycles. The Balaban J connectivity index is 1.90. The Labute approximate surface area is 223 Å². The predicted octanol–water partition coefficient (Wildman–Crippen LogP) is 3.61. The molecule has 0 amide bonds. The monoisotopic (exact) mass is 585 g/mol. The van der Waals surface area contributed by atoms with Crippen molar-refractivity contribution in [1.82, 2.24) is 4.57 Å². The summed E-state index contributed by atoms with van der Waals surface area (Å²) in [4.78, 5) is 31.5. The third kappa shape index (κ3) is 5.21. The van der Waals surface area contributed by atoms with E-state index in [9.17, 15) is 14.0 Å². The molecule has 0 fully saturated rings. The Kier molecular flexibility index (Phi) is 7.90. The van der Waals surface area contributed by atoms with Crippen LogP contribution in [-0.2, 0) is 9.53 Å².